The van der Waals surface area contributed by atoms with Gasteiger partial charge in [-0.25, -0.2) is 0 Å². The van der Waals surface area contributed by atoms with E-state index in [2.05, 4.69) is 6.58 Å². The van der Waals surface area contributed by atoms with E-state index in [4.69, 9.17) is 9.47 Å². The first kappa shape index (κ1) is 16.1. The van der Waals surface area contributed by atoms with Gasteiger partial charge in [-0.1, -0.05) is 32.6 Å². The summed E-state index contributed by atoms with van der Waals surface area (Å²) in [5.41, 5.74) is 1.36. The molecule has 0 saturated heterocycles. The summed E-state index contributed by atoms with van der Waals surface area (Å²) in [6, 6.07) is 3.22. The highest BCUT2D eigenvalue weighted by Gasteiger charge is 2.11. The maximum absolute atomic E-state index is 9.81. The zero-order valence-corrected chi connectivity index (χ0v) is 11.8. The van der Waals surface area contributed by atoms with Crippen LogP contribution in [-0.2, 0) is 0 Å². The predicted octanol–water partition coefficient (Wildman–Crippen LogP) is 4.02. The molecule has 0 unspecified atom stereocenters. The van der Waals surface area contributed by atoms with Crippen LogP contribution in [0.3, 0.4) is 0 Å². The highest BCUT2D eigenvalue weighted by Crippen LogP contribution is 2.36. The third-order valence-electron chi connectivity index (χ3n) is 2.22. The lowest BCUT2D eigenvalue weighted by Crippen LogP contribution is -1.92. The summed E-state index contributed by atoms with van der Waals surface area (Å²) in [4.78, 5) is 0. The number of hydrogen-bond donors (Lipinski definition) is 1. The van der Waals surface area contributed by atoms with E-state index >= 15 is 0 Å². The molecule has 0 radical (unpaired) electrons. The van der Waals surface area contributed by atoms with Crippen molar-refractivity contribution in [1.29, 1.82) is 0 Å². The number of rotatable bonds is 4. The number of ether oxygens (including phenoxy) is 2. The second kappa shape index (κ2) is 8.23. The van der Waals surface area contributed by atoms with Gasteiger partial charge in [0.15, 0.2) is 11.5 Å². The Morgan fingerprint density at radius 2 is 1.67 bits per heavy atom. The Bertz CT molecular complexity index is 420. The van der Waals surface area contributed by atoms with Gasteiger partial charge in [-0.05, 0) is 18.6 Å². The molecular weight excluding hydrogens is 228 g/mol. The fraction of sp³-hybridized carbons (Fsp3) is 0.333. The number of benzene rings is 1. The van der Waals surface area contributed by atoms with E-state index in [1.54, 1.807) is 13.2 Å². The number of hydrogen-bond acceptors (Lipinski definition) is 3. The number of allylic oxidation sites excluding steroid dienone is 3. The molecule has 1 aromatic rings. The van der Waals surface area contributed by atoms with Crippen molar-refractivity contribution in [2.45, 2.75) is 20.8 Å². The van der Waals surface area contributed by atoms with Gasteiger partial charge in [0, 0.05) is 11.6 Å². The molecule has 0 heterocycles. The molecule has 3 nitrogen and oxygen atoms in total. The van der Waals surface area contributed by atoms with Crippen LogP contribution in [0.15, 0.2) is 30.9 Å². The summed E-state index contributed by atoms with van der Waals surface area (Å²) in [7, 11) is 3.08. The Morgan fingerprint density at radius 3 is 2.11 bits per heavy atom. The topological polar surface area (TPSA) is 38.7 Å². The van der Waals surface area contributed by atoms with Crippen LogP contribution in [0.1, 0.15) is 26.3 Å². The second-order valence-corrected chi connectivity index (χ2v) is 3.25. The Labute approximate surface area is 109 Å². The third-order valence-corrected chi connectivity index (χ3v) is 2.22. The Morgan fingerprint density at radius 1 is 1.17 bits per heavy atom. The molecule has 0 spiro atoms. The average molecular weight is 250 g/mol. The van der Waals surface area contributed by atoms with Gasteiger partial charge in [0.05, 0.1) is 14.2 Å². The van der Waals surface area contributed by atoms with E-state index < -0.39 is 0 Å². The van der Waals surface area contributed by atoms with Gasteiger partial charge in [0.1, 0.15) is 5.75 Å². The van der Waals surface area contributed by atoms with Crippen molar-refractivity contribution in [2.75, 3.05) is 14.2 Å². The minimum absolute atomic E-state index is 0.126. The molecule has 0 amide bonds. The van der Waals surface area contributed by atoms with E-state index in [0.717, 1.165) is 5.57 Å². The summed E-state index contributed by atoms with van der Waals surface area (Å²) in [5.74, 6) is 1.19. The molecule has 1 rings (SSSR count). The lowest BCUT2D eigenvalue weighted by molar-refractivity contribution is 0.351. The lowest BCUT2D eigenvalue weighted by atomic mass is 10.1. The summed E-state index contributed by atoms with van der Waals surface area (Å²) < 4.78 is 10.2. The first-order valence-electron chi connectivity index (χ1n) is 5.91. The Hall–Kier alpha value is -1.90. The number of aromatic hydroxyl groups is 1. The molecule has 0 atom stereocenters. The molecule has 1 aromatic carbocycles. The van der Waals surface area contributed by atoms with Crippen LogP contribution in [0.5, 0.6) is 17.2 Å². The van der Waals surface area contributed by atoms with Crippen molar-refractivity contribution in [3.8, 4) is 17.2 Å². The molecule has 0 fully saturated rings. The molecule has 0 aliphatic rings. The maximum atomic E-state index is 9.81. The van der Waals surface area contributed by atoms with Crippen molar-refractivity contribution in [3.05, 3.63) is 36.4 Å². The van der Waals surface area contributed by atoms with Crippen LogP contribution < -0.4 is 9.47 Å². The van der Waals surface area contributed by atoms with Crippen LogP contribution in [0, 0.1) is 0 Å². The molecule has 18 heavy (non-hydrogen) atoms. The molecule has 1 N–H and O–H groups in total. The van der Waals surface area contributed by atoms with E-state index in [1.807, 2.05) is 32.9 Å². The predicted molar refractivity (Wildman–Crippen MR) is 76.4 cm³/mol. The number of methoxy groups -OCH3 is 2. The summed E-state index contributed by atoms with van der Waals surface area (Å²) >= 11 is 0. The standard InChI is InChI=1S/C13H16O3.C2H6/c1-5-6-9(2)10-7-12(15-3)13(16-4)8-11(10)14;1-2/h5-8,14H,2H2,1,3-4H3;1-2H3/b6-5-;. The molecule has 0 aliphatic heterocycles. The van der Waals surface area contributed by atoms with E-state index in [1.165, 1.54) is 13.2 Å². The normalized spacial score (nSPS) is 9.61. The number of phenolic OH excluding ortho intramolecular Hbond substituents is 1. The van der Waals surface area contributed by atoms with Crippen LogP contribution in [-0.4, -0.2) is 19.3 Å². The van der Waals surface area contributed by atoms with Crippen LogP contribution in [0.2, 0.25) is 0 Å². The maximum Gasteiger partial charge on any atom is 0.164 e. The smallest absolute Gasteiger partial charge is 0.164 e. The molecule has 0 saturated carbocycles. The van der Waals surface area contributed by atoms with Crippen LogP contribution in [0.25, 0.3) is 5.57 Å². The zero-order chi connectivity index (χ0) is 14.1. The molecule has 3 heteroatoms. The van der Waals surface area contributed by atoms with Gasteiger partial charge in [0.2, 0.25) is 0 Å². The van der Waals surface area contributed by atoms with Gasteiger partial charge in [0.25, 0.3) is 0 Å². The van der Waals surface area contributed by atoms with Crippen molar-refractivity contribution >= 4 is 5.57 Å². The van der Waals surface area contributed by atoms with Crippen molar-refractivity contribution in [2.24, 2.45) is 0 Å². The highest BCUT2D eigenvalue weighted by molar-refractivity contribution is 5.77. The quantitative estimate of drug-likeness (QED) is 0.820. The molecular formula is C15H22O3. The molecule has 0 bridgehead atoms. The van der Waals surface area contributed by atoms with Gasteiger partial charge in [-0.2, -0.15) is 0 Å². The molecule has 0 aromatic heterocycles. The van der Waals surface area contributed by atoms with Crippen molar-refractivity contribution < 1.29 is 14.6 Å². The van der Waals surface area contributed by atoms with Gasteiger partial charge < -0.3 is 14.6 Å². The minimum Gasteiger partial charge on any atom is -0.507 e. The largest absolute Gasteiger partial charge is 0.507 e. The average Bonchev–Trinajstić information content (AvgIpc) is 2.40. The first-order chi connectivity index (χ1) is 8.63. The summed E-state index contributed by atoms with van der Waals surface area (Å²) in [6.45, 7) is 9.76. The fourth-order valence-electron chi connectivity index (χ4n) is 1.42. The summed E-state index contributed by atoms with van der Waals surface area (Å²) in [5, 5.41) is 9.81. The third kappa shape index (κ3) is 3.84. The van der Waals surface area contributed by atoms with Crippen molar-refractivity contribution in [3.63, 3.8) is 0 Å². The van der Waals surface area contributed by atoms with Crippen molar-refractivity contribution in [1.82, 2.24) is 0 Å². The van der Waals surface area contributed by atoms with Crippen LogP contribution >= 0.6 is 0 Å². The zero-order valence-electron chi connectivity index (χ0n) is 11.8. The first-order valence-corrected chi connectivity index (χ1v) is 5.91. The Kier molecular flexibility index (Phi) is 7.36. The SMILES string of the molecule is C=C(/C=C\C)c1cc(OC)c(OC)cc1O.CC. The minimum atomic E-state index is 0.126. The molecule has 100 valence electrons. The summed E-state index contributed by atoms with van der Waals surface area (Å²) in [6.07, 6.45) is 3.68. The van der Waals surface area contributed by atoms with E-state index in [-0.39, 0.29) is 5.75 Å². The highest BCUT2D eigenvalue weighted by atomic mass is 16.5. The molecule has 0 aliphatic carbocycles. The van der Waals surface area contributed by atoms with Crippen LogP contribution in [0.4, 0.5) is 0 Å². The van der Waals surface area contributed by atoms with Gasteiger partial charge in [-0.3, -0.25) is 0 Å². The fourth-order valence-corrected chi connectivity index (χ4v) is 1.42. The Balaban J connectivity index is 0.00000137. The van der Waals surface area contributed by atoms with E-state index in [0.29, 0.717) is 17.1 Å². The lowest BCUT2D eigenvalue weighted by Gasteiger charge is -2.11. The second-order valence-electron chi connectivity index (χ2n) is 3.25. The van der Waals surface area contributed by atoms with Gasteiger partial charge >= 0.3 is 0 Å². The van der Waals surface area contributed by atoms with E-state index in [9.17, 15) is 5.11 Å². The monoisotopic (exact) mass is 250 g/mol. The van der Waals surface area contributed by atoms with Gasteiger partial charge in [-0.15, -0.1) is 0 Å². The number of phenols is 1.